The van der Waals surface area contributed by atoms with E-state index in [-0.39, 0.29) is 5.60 Å². The molecule has 0 heterocycles. The van der Waals surface area contributed by atoms with Gasteiger partial charge in [0.15, 0.2) is 0 Å². The Hall–Kier alpha value is -0.520. The van der Waals surface area contributed by atoms with Crippen LogP contribution in [0.2, 0.25) is 0 Å². The molecule has 0 aromatic carbocycles. The highest BCUT2D eigenvalue weighted by Crippen LogP contribution is 2.07. The van der Waals surface area contributed by atoms with Crippen molar-refractivity contribution in [2.45, 2.75) is 45.8 Å². The van der Waals surface area contributed by atoms with Crippen molar-refractivity contribution in [3.63, 3.8) is 0 Å². The van der Waals surface area contributed by atoms with Gasteiger partial charge in [-0.1, -0.05) is 0 Å². The van der Waals surface area contributed by atoms with E-state index in [9.17, 15) is 0 Å². The number of likely N-dealkylation sites (N-methyl/N-ethyl adjacent to an activating group) is 1. The van der Waals surface area contributed by atoms with Crippen molar-refractivity contribution in [3.05, 3.63) is 0 Å². The summed E-state index contributed by atoms with van der Waals surface area (Å²) in [5, 5.41) is 3.18. The minimum atomic E-state index is -0.0608. The van der Waals surface area contributed by atoms with Crippen molar-refractivity contribution in [3.8, 4) is 11.8 Å². The Morgan fingerprint density at radius 3 is 2.38 bits per heavy atom. The van der Waals surface area contributed by atoms with E-state index in [1.54, 1.807) is 0 Å². The Morgan fingerprint density at radius 2 is 2.00 bits per heavy atom. The second-order valence-corrected chi connectivity index (χ2v) is 4.04. The molecule has 76 valence electrons. The van der Waals surface area contributed by atoms with Crippen molar-refractivity contribution >= 4 is 0 Å². The average Bonchev–Trinajstić information content (AvgIpc) is 2.03. The summed E-state index contributed by atoms with van der Waals surface area (Å²) >= 11 is 0. The Labute approximate surface area is 82.1 Å². The molecule has 0 spiro atoms. The third kappa shape index (κ3) is 7.83. The zero-order chi connectivity index (χ0) is 10.3. The lowest BCUT2D eigenvalue weighted by molar-refractivity contribution is -0.0129. The van der Waals surface area contributed by atoms with E-state index in [2.05, 4.69) is 37.9 Å². The lowest BCUT2D eigenvalue weighted by Gasteiger charge is -2.23. The smallest absolute Gasteiger partial charge is 0.0635 e. The van der Waals surface area contributed by atoms with E-state index in [1.807, 2.05) is 14.0 Å². The number of ether oxygens (including phenoxy) is 1. The predicted octanol–water partition coefficient (Wildman–Crippen LogP) is 1.80. The SMILES string of the molecule is CC#CCC(COC(C)(C)C)NC. The summed E-state index contributed by atoms with van der Waals surface area (Å²) in [4.78, 5) is 0. The summed E-state index contributed by atoms with van der Waals surface area (Å²) in [6.45, 7) is 8.76. The molecule has 0 radical (unpaired) electrons. The number of hydrogen-bond donors (Lipinski definition) is 1. The van der Waals surface area contributed by atoms with Crippen molar-refractivity contribution < 1.29 is 4.74 Å². The zero-order valence-corrected chi connectivity index (χ0v) is 9.40. The summed E-state index contributed by atoms with van der Waals surface area (Å²) in [5.41, 5.74) is -0.0608. The molecule has 0 aliphatic carbocycles. The van der Waals surface area contributed by atoms with E-state index in [0.29, 0.717) is 12.6 Å². The van der Waals surface area contributed by atoms with Crippen LogP contribution < -0.4 is 5.32 Å². The van der Waals surface area contributed by atoms with Crippen molar-refractivity contribution in [2.75, 3.05) is 13.7 Å². The Kier molecular flexibility index (Phi) is 5.77. The maximum Gasteiger partial charge on any atom is 0.0635 e. The van der Waals surface area contributed by atoms with Crippen LogP contribution in [0.25, 0.3) is 0 Å². The fourth-order valence-electron chi connectivity index (χ4n) is 0.820. The molecule has 0 aliphatic rings. The molecule has 0 aromatic rings. The van der Waals surface area contributed by atoms with Crippen LogP contribution in [-0.2, 0) is 4.74 Å². The first-order valence-corrected chi connectivity index (χ1v) is 4.70. The highest BCUT2D eigenvalue weighted by molar-refractivity contribution is 4.98. The van der Waals surface area contributed by atoms with Gasteiger partial charge in [0.25, 0.3) is 0 Å². The maximum atomic E-state index is 5.65. The van der Waals surface area contributed by atoms with Gasteiger partial charge in [0.2, 0.25) is 0 Å². The first-order chi connectivity index (χ1) is 5.99. The molecule has 0 saturated heterocycles. The molecule has 0 aromatic heterocycles. The second kappa shape index (κ2) is 6.01. The van der Waals surface area contributed by atoms with Gasteiger partial charge in [-0.25, -0.2) is 0 Å². The van der Waals surface area contributed by atoms with Crippen LogP contribution in [0.4, 0.5) is 0 Å². The molecule has 1 N–H and O–H groups in total. The molecule has 0 aliphatic heterocycles. The van der Waals surface area contributed by atoms with Crippen LogP contribution in [0.3, 0.4) is 0 Å². The Bertz CT molecular complexity index is 182. The topological polar surface area (TPSA) is 21.3 Å². The zero-order valence-electron chi connectivity index (χ0n) is 9.40. The quantitative estimate of drug-likeness (QED) is 0.671. The van der Waals surface area contributed by atoms with Crippen molar-refractivity contribution in [2.24, 2.45) is 0 Å². The molecule has 1 atom stereocenters. The predicted molar refractivity (Wildman–Crippen MR) is 56.6 cm³/mol. The van der Waals surface area contributed by atoms with Crippen LogP contribution in [0.15, 0.2) is 0 Å². The van der Waals surface area contributed by atoms with Crippen molar-refractivity contribution in [1.29, 1.82) is 0 Å². The third-order valence-corrected chi connectivity index (χ3v) is 1.65. The van der Waals surface area contributed by atoms with E-state index in [1.165, 1.54) is 0 Å². The van der Waals surface area contributed by atoms with Gasteiger partial charge in [-0.15, -0.1) is 11.8 Å². The highest BCUT2D eigenvalue weighted by atomic mass is 16.5. The molecule has 0 amide bonds. The fraction of sp³-hybridized carbons (Fsp3) is 0.818. The van der Waals surface area contributed by atoms with Crippen LogP contribution in [0.1, 0.15) is 34.1 Å². The van der Waals surface area contributed by atoms with Gasteiger partial charge in [-0.05, 0) is 34.7 Å². The summed E-state index contributed by atoms with van der Waals surface area (Å²) < 4.78 is 5.65. The third-order valence-electron chi connectivity index (χ3n) is 1.65. The average molecular weight is 183 g/mol. The standard InChI is InChI=1S/C11H21NO/c1-6-7-8-10(12-5)9-13-11(2,3)4/h10,12H,8-9H2,1-5H3. The first kappa shape index (κ1) is 12.5. The van der Waals surface area contributed by atoms with E-state index < -0.39 is 0 Å². The van der Waals surface area contributed by atoms with Crippen LogP contribution in [0, 0.1) is 11.8 Å². The summed E-state index contributed by atoms with van der Waals surface area (Å²) in [6, 6.07) is 0.340. The summed E-state index contributed by atoms with van der Waals surface area (Å²) in [5.74, 6) is 5.93. The van der Waals surface area contributed by atoms with E-state index >= 15 is 0 Å². The Morgan fingerprint density at radius 1 is 1.38 bits per heavy atom. The molecular formula is C11H21NO. The lowest BCUT2D eigenvalue weighted by Crippen LogP contribution is -2.34. The van der Waals surface area contributed by atoms with E-state index in [4.69, 9.17) is 4.74 Å². The highest BCUT2D eigenvalue weighted by Gasteiger charge is 2.13. The van der Waals surface area contributed by atoms with Gasteiger partial charge in [0.1, 0.15) is 0 Å². The van der Waals surface area contributed by atoms with Crippen LogP contribution in [0.5, 0.6) is 0 Å². The summed E-state index contributed by atoms with van der Waals surface area (Å²) in [6.07, 6.45) is 0.850. The molecule has 1 unspecified atom stereocenters. The lowest BCUT2D eigenvalue weighted by atomic mass is 10.2. The molecule has 2 heteroatoms. The fourth-order valence-corrected chi connectivity index (χ4v) is 0.820. The molecular weight excluding hydrogens is 162 g/mol. The maximum absolute atomic E-state index is 5.65. The van der Waals surface area contributed by atoms with Gasteiger partial charge < -0.3 is 10.1 Å². The van der Waals surface area contributed by atoms with Crippen LogP contribution >= 0.6 is 0 Å². The minimum Gasteiger partial charge on any atom is -0.374 e. The number of hydrogen-bond acceptors (Lipinski definition) is 2. The van der Waals surface area contributed by atoms with Gasteiger partial charge in [0, 0.05) is 12.5 Å². The molecule has 0 fully saturated rings. The largest absolute Gasteiger partial charge is 0.374 e. The van der Waals surface area contributed by atoms with Crippen molar-refractivity contribution in [1.82, 2.24) is 5.32 Å². The second-order valence-electron chi connectivity index (χ2n) is 4.04. The van der Waals surface area contributed by atoms with Gasteiger partial charge in [-0.2, -0.15) is 0 Å². The Balaban J connectivity index is 3.76. The monoisotopic (exact) mass is 183 g/mol. The van der Waals surface area contributed by atoms with Gasteiger partial charge in [-0.3, -0.25) is 0 Å². The normalized spacial score (nSPS) is 13.3. The molecule has 0 rings (SSSR count). The molecule has 0 saturated carbocycles. The minimum absolute atomic E-state index is 0.0608. The van der Waals surface area contributed by atoms with Gasteiger partial charge >= 0.3 is 0 Å². The number of nitrogens with one attached hydrogen (secondary N) is 1. The van der Waals surface area contributed by atoms with E-state index in [0.717, 1.165) is 6.42 Å². The number of rotatable bonds is 4. The summed E-state index contributed by atoms with van der Waals surface area (Å²) in [7, 11) is 1.94. The van der Waals surface area contributed by atoms with Crippen LogP contribution in [-0.4, -0.2) is 25.3 Å². The van der Waals surface area contributed by atoms with Gasteiger partial charge in [0.05, 0.1) is 12.2 Å². The molecule has 2 nitrogen and oxygen atoms in total. The first-order valence-electron chi connectivity index (χ1n) is 4.70. The molecule has 0 bridgehead atoms. The molecule has 13 heavy (non-hydrogen) atoms.